The van der Waals surface area contributed by atoms with Crippen LogP contribution in [0.25, 0.3) is 0 Å². The summed E-state index contributed by atoms with van der Waals surface area (Å²) in [6.07, 6.45) is 0. The molecule has 0 aliphatic carbocycles. The second-order valence-electron chi connectivity index (χ2n) is 6.04. The summed E-state index contributed by atoms with van der Waals surface area (Å²) in [6, 6.07) is 4.97. The number of nitrogens with zero attached hydrogens (tertiary/aromatic N) is 3. The third-order valence-electron chi connectivity index (χ3n) is 3.71. The van der Waals surface area contributed by atoms with E-state index in [0.29, 0.717) is 0 Å². The first-order valence-corrected chi connectivity index (χ1v) is 7.52. The molecule has 1 aromatic rings. The molecule has 0 bridgehead atoms. The van der Waals surface area contributed by atoms with Crippen LogP contribution in [-0.2, 0) is 0 Å². The van der Waals surface area contributed by atoms with E-state index in [1.54, 1.807) is 12.1 Å². The van der Waals surface area contributed by atoms with E-state index in [4.69, 9.17) is 0 Å². The average molecular weight is 342 g/mol. The summed E-state index contributed by atoms with van der Waals surface area (Å²) >= 11 is 3.45. The van der Waals surface area contributed by atoms with Crippen LogP contribution >= 0.6 is 15.9 Å². The largest absolute Gasteiger partial charge is 0.368 e. The summed E-state index contributed by atoms with van der Waals surface area (Å²) in [5, 5.41) is 10.8. The van der Waals surface area contributed by atoms with Crippen molar-refractivity contribution in [2.24, 2.45) is 0 Å². The Kier molecular flexibility index (Phi) is 4.34. The molecular formula is C14H20BrN3O2. The van der Waals surface area contributed by atoms with Gasteiger partial charge in [0, 0.05) is 48.3 Å². The molecule has 2 rings (SSSR count). The van der Waals surface area contributed by atoms with Crippen molar-refractivity contribution in [1.82, 2.24) is 4.90 Å². The van der Waals surface area contributed by atoms with Crippen LogP contribution in [0.1, 0.15) is 20.8 Å². The van der Waals surface area contributed by atoms with Crippen LogP contribution < -0.4 is 4.90 Å². The van der Waals surface area contributed by atoms with Crippen molar-refractivity contribution < 1.29 is 4.92 Å². The lowest BCUT2D eigenvalue weighted by molar-refractivity contribution is -0.384. The lowest BCUT2D eigenvalue weighted by atomic mass is 10.0. The maximum Gasteiger partial charge on any atom is 0.270 e. The molecule has 1 saturated heterocycles. The molecule has 0 spiro atoms. The zero-order valence-electron chi connectivity index (χ0n) is 12.1. The van der Waals surface area contributed by atoms with Crippen molar-refractivity contribution in [1.29, 1.82) is 0 Å². The number of nitro groups is 1. The Morgan fingerprint density at radius 1 is 1.20 bits per heavy atom. The zero-order valence-corrected chi connectivity index (χ0v) is 13.7. The summed E-state index contributed by atoms with van der Waals surface area (Å²) < 4.78 is 0.788. The van der Waals surface area contributed by atoms with Gasteiger partial charge in [0.05, 0.1) is 10.6 Å². The molecule has 6 heteroatoms. The van der Waals surface area contributed by atoms with E-state index in [1.165, 1.54) is 0 Å². The summed E-state index contributed by atoms with van der Waals surface area (Å²) in [4.78, 5) is 15.1. The Morgan fingerprint density at radius 2 is 1.80 bits per heavy atom. The molecule has 1 heterocycles. The van der Waals surface area contributed by atoms with Gasteiger partial charge in [-0.1, -0.05) is 0 Å². The van der Waals surface area contributed by atoms with Crippen molar-refractivity contribution in [2.75, 3.05) is 31.1 Å². The van der Waals surface area contributed by atoms with Crippen molar-refractivity contribution in [2.45, 2.75) is 26.3 Å². The van der Waals surface area contributed by atoms with E-state index in [1.807, 2.05) is 6.07 Å². The number of halogens is 1. The molecule has 0 radical (unpaired) electrons. The van der Waals surface area contributed by atoms with Gasteiger partial charge in [-0.3, -0.25) is 15.0 Å². The van der Waals surface area contributed by atoms with Gasteiger partial charge in [0.15, 0.2) is 0 Å². The van der Waals surface area contributed by atoms with Gasteiger partial charge in [-0.15, -0.1) is 0 Å². The Labute approximate surface area is 127 Å². The van der Waals surface area contributed by atoms with E-state index in [0.717, 1.165) is 36.3 Å². The van der Waals surface area contributed by atoms with E-state index < -0.39 is 0 Å². The summed E-state index contributed by atoms with van der Waals surface area (Å²) in [6.45, 7) is 10.6. The highest BCUT2D eigenvalue weighted by Crippen LogP contribution is 2.31. The van der Waals surface area contributed by atoms with E-state index >= 15 is 0 Å². The van der Waals surface area contributed by atoms with Crippen LogP contribution in [0.5, 0.6) is 0 Å². The van der Waals surface area contributed by atoms with Crippen molar-refractivity contribution in [3.05, 3.63) is 32.8 Å². The number of hydrogen-bond acceptors (Lipinski definition) is 4. The Hall–Kier alpha value is -1.14. The fourth-order valence-electron chi connectivity index (χ4n) is 2.48. The molecule has 110 valence electrons. The van der Waals surface area contributed by atoms with Gasteiger partial charge in [0.1, 0.15) is 0 Å². The minimum absolute atomic E-state index is 0.119. The molecule has 0 unspecified atom stereocenters. The van der Waals surface area contributed by atoms with Crippen molar-refractivity contribution in [3.8, 4) is 0 Å². The van der Waals surface area contributed by atoms with Gasteiger partial charge in [0.2, 0.25) is 0 Å². The van der Waals surface area contributed by atoms with E-state index in [-0.39, 0.29) is 16.1 Å². The SMILES string of the molecule is CC(C)(C)N1CCN(c2ccc([N+](=O)[O-])cc2Br)CC1. The van der Waals surface area contributed by atoms with Crippen LogP contribution in [0.15, 0.2) is 22.7 Å². The van der Waals surface area contributed by atoms with Crippen molar-refractivity contribution in [3.63, 3.8) is 0 Å². The fraction of sp³-hybridized carbons (Fsp3) is 0.571. The van der Waals surface area contributed by atoms with Crippen LogP contribution in [0, 0.1) is 10.1 Å². The number of rotatable bonds is 2. The maximum absolute atomic E-state index is 10.8. The second kappa shape index (κ2) is 5.69. The molecule has 0 amide bonds. The molecule has 0 aromatic heterocycles. The molecule has 5 nitrogen and oxygen atoms in total. The number of piperazine rings is 1. The van der Waals surface area contributed by atoms with Gasteiger partial charge < -0.3 is 4.90 Å². The molecule has 20 heavy (non-hydrogen) atoms. The molecular weight excluding hydrogens is 322 g/mol. The highest BCUT2D eigenvalue weighted by atomic mass is 79.9. The number of anilines is 1. The lowest BCUT2D eigenvalue weighted by Crippen LogP contribution is -2.53. The average Bonchev–Trinajstić information content (AvgIpc) is 2.37. The lowest BCUT2D eigenvalue weighted by Gasteiger charge is -2.43. The fourth-order valence-corrected chi connectivity index (χ4v) is 3.10. The van der Waals surface area contributed by atoms with Gasteiger partial charge in [-0.05, 0) is 42.8 Å². The van der Waals surface area contributed by atoms with E-state index in [9.17, 15) is 10.1 Å². The highest BCUT2D eigenvalue weighted by molar-refractivity contribution is 9.10. The molecule has 0 saturated carbocycles. The predicted octanol–water partition coefficient (Wildman–Crippen LogP) is 3.28. The minimum atomic E-state index is -0.369. The summed E-state index contributed by atoms with van der Waals surface area (Å²) in [7, 11) is 0. The third-order valence-corrected chi connectivity index (χ3v) is 4.35. The topological polar surface area (TPSA) is 49.6 Å². The second-order valence-corrected chi connectivity index (χ2v) is 6.89. The van der Waals surface area contributed by atoms with Crippen LogP contribution in [-0.4, -0.2) is 41.5 Å². The van der Waals surface area contributed by atoms with Gasteiger partial charge >= 0.3 is 0 Å². The minimum Gasteiger partial charge on any atom is -0.368 e. The predicted molar refractivity (Wildman–Crippen MR) is 84.3 cm³/mol. The summed E-state index contributed by atoms with van der Waals surface area (Å²) in [5.74, 6) is 0. The number of non-ortho nitro benzene ring substituents is 1. The van der Waals surface area contributed by atoms with Gasteiger partial charge in [-0.2, -0.15) is 0 Å². The smallest absolute Gasteiger partial charge is 0.270 e. The molecule has 1 aliphatic rings. The number of benzene rings is 1. The highest BCUT2D eigenvalue weighted by Gasteiger charge is 2.26. The number of nitro benzene ring substituents is 1. The van der Waals surface area contributed by atoms with Gasteiger partial charge in [-0.25, -0.2) is 0 Å². The van der Waals surface area contributed by atoms with Crippen LogP contribution in [0.4, 0.5) is 11.4 Å². The Balaban J connectivity index is 2.09. The maximum atomic E-state index is 10.8. The van der Waals surface area contributed by atoms with Crippen LogP contribution in [0.2, 0.25) is 0 Å². The Morgan fingerprint density at radius 3 is 2.25 bits per heavy atom. The standard InChI is InChI=1S/C14H20BrN3O2/c1-14(2,3)17-8-6-16(7-9-17)13-5-4-11(18(19)20)10-12(13)15/h4-5,10H,6-9H2,1-3H3. The van der Waals surface area contributed by atoms with E-state index in [2.05, 4.69) is 46.5 Å². The first-order chi connectivity index (χ1) is 9.29. The quantitative estimate of drug-likeness (QED) is 0.611. The molecule has 1 aromatic carbocycles. The molecule has 1 fully saturated rings. The Bertz CT molecular complexity index is 506. The van der Waals surface area contributed by atoms with Gasteiger partial charge in [0.25, 0.3) is 5.69 Å². The molecule has 1 aliphatic heterocycles. The van der Waals surface area contributed by atoms with Crippen molar-refractivity contribution >= 4 is 27.3 Å². The monoisotopic (exact) mass is 341 g/mol. The molecule has 0 atom stereocenters. The number of hydrogen-bond donors (Lipinski definition) is 0. The summed E-state index contributed by atoms with van der Waals surface area (Å²) in [5.41, 5.74) is 1.34. The van der Waals surface area contributed by atoms with Crippen LogP contribution in [0.3, 0.4) is 0 Å². The zero-order chi connectivity index (χ0) is 14.9. The first-order valence-electron chi connectivity index (χ1n) is 6.73. The normalized spacial score (nSPS) is 17.3. The third kappa shape index (κ3) is 3.30. The molecule has 0 N–H and O–H groups in total. The first kappa shape index (κ1) is 15.3.